The number of halogens is 1. The molecular formula is C39H46ClN7O4. The lowest BCUT2D eigenvalue weighted by atomic mass is 9.95. The molecule has 0 bridgehead atoms. The lowest BCUT2D eigenvalue weighted by molar-refractivity contribution is -0.140. The highest BCUT2D eigenvalue weighted by atomic mass is 35.5. The number of aromatic nitrogens is 4. The van der Waals surface area contributed by atoms with Crippen LogP contribution in [0.15, 0.2) is 48.8 Å². The zero-order chi connectivity index (χ0) is 36.4. The Morgan fingerprint density at radius 1 is 1.02 bits per heavy atom. The van der Waals surface area contributed by atoms with Crippen LogP contribution in [0.3, 0.4) is 0 Å². The minimum absolute atomic E-state index is 0.0348. The Balaban J connectivity index is 1.35. The number of fused-ring (bicyclic) bond motifs is 2. The second-order valence-electron chi connectivity index (χ2n) is 14.1. The average Bonchev–Trinajstić information content (AvgIpc) is 3.36. The SMILES string of the molecule is CCCCc1cc(-c2cnc(C)nc2)cc2c(C(C)=O)nn(CC(=O)N3C4[C@H](C)[C@]4(CNC(=O)CCC)C[C@H]3C(=O)NCc3cccc(Cl)c3)c12. The summed E-state index contributed by atoms with van der Waals surface area (Å²) >= 11 is 6.18. The first-order chi connectivity index (χ1) is 24.5. The van der Waals surface area contributed by atoms with Crippen molar-refractivity contribution in [1.29, 1.82) is 0 Å². The molecule has 1 unspecified atom stereocenters. The number of hydrogen-bond donors (Lipinski definition) is 2. The smallest absolute Gasteiger partial charge is 0.245 e. The molecule has 2 aliphatic rings. The van der Waals surface area contributed by atoms with E-state index in [0.717, 1.165) is 53.5 Å². The van der Waals surface area contributed by atoms with Gasteiger partial charge in [-0.15, -0.1) is 0 Å². The first-order valence-electron chi connectivity index (χ1n) is 17.9. The van der Waals surface area contributed by atoms with Crippen molar-refractivity contribution in [1.82, 2.24) is 35.3 Å². The normalized spacial score (nSPS) is 20.7. The molecule has 268 valence electrons. The molecule has 11 nitrogen and oxygen atoms in total. The molecule has 3 amide bonds. The average molecular weight is 712 g/mol. The van der Waals surface area contributed by atoms with E-state index >= 15 is 0 Å². The summed E-state index contributed by atoms with van der Waals surface area (Å²) in [7, 11) is 0. The lowest BCUT2D eigenvalue weighted by Crippen LogP contribution is -2.49. The molecule has 3 heterocycles. The second kappa shape index (κ2) is 14.9. The van der Waals surface area contributed by atoms with Gasteiger partial charge in [-0.2, -0.15) is 5.10 Å². The largest absolute Gasteiger partial charge is 0.355 e. The molecule has 4 atom stereocenters. The molecule has 1 saturated heterocycles. The third-order valence-electron chi connectivity index (χ3n) is 10.6. The Morgan fingerprint density at radius 3 is 2.47 bits per heavy atom. The fraction of sp³-hybridized carbons (Fsp3) is 0.462. The van der Waals surface area contributed by atoms with Gasteiger partial charge in [-0.1, -0.05) is 50.9 Å². The molecule has 12 heteroatoms. The predicted molar refractivity (Wildman–Crippen MR) is 196 cm³/mol. The molecular weight excluding hydrogens is 666 g/mol. The molecule has 4 aromatic rings. The highest BCUT2D eigenvalue weighted by Crippen LogP contribution is 2.64. The van der Waals surface area contributed by atoms with Gasteiger partial charge in [0.05, 0.1) is 5.52 Å². The molecule has 2 aromatic heterocycles. The standard InChI is InChI=1S/C39H46ClN7O4/c1-6-8-12-27-15-28(29-19-41-25(5)42-20-29)16-31-35(24(4)48)45-46(36(27)31)21-34(50)47-32(38(51)43-18-26-11-9-13-30(40)14-26)17-39(23(3)37(39)47)22-44-33(49)10-7-2/h9,11,13-16,19-20,23,32,37H,6-8,10,12,17-18,21-22H2,1-5H3,(H,43,51)(H,44,49)/t23-,32-,37?,39+/m0/s1. The van der Waals surface area contributed by atoms with E-state index in [1.54, 1.807) is 34.1 Å². The summed E-state index contributed by atoms with van der Waals surface area (Å²) in [5.41, 5.74) is 4.14. The van der Waals surface area contributed by atoms with E-state index in [-0.39, 0.29) is 54.2 Å². The van der Waals surface area contributed by atoms with E-state index in [4.69, 9.17) is 16.7 Å². The van der Waals surface area contributed by atoms with Crippen molar-refractivity contribution < 1.29 is 19.2 Å². The fourth-order valence-electron chi connectivity index (χ4n) is 7.82. The number of hydrogen-bond acceptors (Lipinski definition) is 7. The number of benzene rings is 2. The quantitative estimate of drug-likeness (QED) is 0.157. The number of unbranched alkanes of at least 4 members (excludes halogenated alkanes) is 1. The van der Waals surface area contributed by atoms with Crippen LogP contribution in [0, 0.1) is 18.3 Å². The molecule has 1 saturated carbocycles. The Labute approximate surface area is 303 Å². The van der Waals surface area contributed by atoms with E-state index in [1.807, 2.05) is 32.0 Å². The summed E-state index contributed by atoms with van der Waals surface area (Å²) in [5.74, 6) is -0.00912. The van der Waals surface area contributed by atoms with Crippen LogP contribution in [0.2, 0.25) is 5.02 Å². The minimum atomic E-state index is -0.734. The number of carbonyl (C=O) groups excluding carboxylic acids is 4. The van der Waals surface area contributed by atoms with Crippen LogP contribution in [0.5, 0.6) is 0 Å². The van der Waals surface area contributed by atoms with Gasteiger partial charge in [-0.3, -0.25) is 23.9 Å². The minimum Gasteiger partial charge on any atom is -0.355 e. The lowest BCUT2D eigenvalue weighted by Gasteiger charge is -2.28. The van der Waals surface area contributed by atoms with Crippen molar-refractivity contribution >= 4 is 46.0 Å². The maximum Gasteiger partial charge on any atom is 0.245 e. The summed E-state index contributed by atoms with van der Waals surface area (Å²) in [5, 5.41) is 12.1. The Bertz CT molecular complexity index is 1980. The van der Waals surface area contributed by atoms with E-state index in [1.165, 1.54) is 6.92 Å². The molecule has 2 aromatic carbocycles. The number of rotatable bonds is 14. The van der Waals surface area contributed by atoms with Crippen molar-refractivity contribution in [3.8, 4) is 11.1 Å². The Kier molecular flexibility index (Phi) is 10.6. The van der Waals surface area contributed by atoms with Crippen molar-refractivity contribution in [2.45, 2.75) is 98.3 Å². The maximum atomic E-state index is 14.6. The number of nitrogens with one attached hydrogen (secondary N) is 2. The van der Waals surface area contributed by atoms with Gasteiger partial charge in [-0.05, 0) is 79.5 Å². The number of carbonyl (C=O) groups is 4. The van der Waals surface area contributed by atoms with Gasteiger partial charge in [-0.25, -0.2) is 9.97 Å². The number of likely N-dealkylation sites (tertiary alicyclic amines) is 1. The van der Waals surface area contributed by atoms with Gasteiger partial charge in [0.15, 0.2) is 5.78 Å². The van der Waals surface area contributed by atoms with Gasteiger partial charge in [0.25, 0.3) is 0 Å². The van der Waals surface area contributed by atoms with E-state index in [9.17, 15) is 19.2 Å². The third kappa shape index (κ3) is 7.26. The molecule has 51 heavy (non-hydrogen) atoms. The van der Waals surface area contributed by atoms with E-state index < -0.39 is 11.5 Å². The number of nitrogens with zero attached hydrogens (tertiary/aromatic N) is 5. The highest BCUT2D eigenvalue weighted by molar-refractivity contribution is 6.30. The van der Waals surface area contributed by atoms with Gasteiger partial charge in [0.1, 0.15) is 24.1 Å². The zero-order valence-corrected chi connectivity index (χ0v) is 30.7. The first-order valence-corrected chi connectivity index (χ1v) is 18.3. The number of piperidine rings is 1. The summed E-state index contributed by atoms with van der Waals surface area (Å²) in [4.78, 5) is 64.4. The molecule has 0 radical (unpaired) electrons. The van der Waals surface area contributed by atoms with Crippen LogP contribution in [0.4, 0.5) is 0 Å². The van der Waals surface area contributed by atoms with Gasteiger partial charge in [0, 0.05) is 66.3 Å². The number of amides is 3. The number of ketones is 1. The third-order valence-corrected chi connectivity index (χ3v) is 10.8. The Morgan fingerprint density at radius 2 is 1.78 bits per heavy atom. The van der Waals surface area contributed by atoms with Crippen molar-refractivity contribution in [3.63, 3.8) is 0 Å². The van der Waals surface area contributed by atoms with Crippen LogP contribution in [0.1, 0.15) is 87.2 Å². The Hall–Kier alpha value is -4.64. The summed E-state index contributed by atoms with van der Waals surface area (Å²) < 4.78 is 1.64. The van der Waals surface area contributed by atoms with Crippen molar-refractivity contribution in [2.24, 2.45) is 11.3 Å². The van der Waals surface area contributed by atoms with Crippen LogP contribution in [0.25, 0.3) is 22.0 Å². The van der Waals surface area contributed by atoms with Crippen LogP contribution < -0.4 is 10.6 Å². The monoisotopic (exact) mass is 711 g/mol. The first kappa shape index (κ1) is 36.2. The zero-order valence-electron chi connectivity index (χ0n) is 30.0. The number of Topliss-reactive ketones (excluding diaryl/α,β-unsaturated/α-hetero) is 1. The van der Waals surface area contributed by atoms with E-state index in [0.29, 0.717) is 35.6 Å². The van der Waals surface area contributed by atoms with Crippen LogP contribution in [-0.4, -0.2) is 66.8 Å². The molecule has 1 aliphatic carbocycles. The second-order valence-corrected chi connectivity index (χ2v) is 14.5. The van der Waals surface area contributed by atoms with E-state index in [2.05, 4.69) is 40.5 Å². The topological polar surface area (TPSA) is 139 Å². The van der Waals surface area contributed by atoms with Crippen molar-refractivity contribution in [3.05, 3.63) is 76.5 Å². The van der Waals surface area contributed by atoms with Gasteiger partial charge < -0.3 is 15.5 Å². The van der Waals surface area contributed by atoms with Crippen molar-refractivity contribution in [2.75, 3.05) is 6.54 Å². The molecule has 0 spiro atoms. The maximum absolute atomic E-state index is 14.6. The fourth-order valence-corrected chi connectivity index (χ4v) is 8.04. The molecule has 1 aliphatic heterocycles. The number of aryl methyl sites for hydroxylation is 2. The van der Waals surface area contributed by atoms with Gasteiger partial charge in [0.2, 0.25) is 17.7 Å². The highest BCUT2D eigenvalue weighted by Gasteiger charge is 2.72. The predicted octanol–water partition coefficient (Wildman–Crippen LogP) is 5.84. The summed E-state index contributed by atoms with van der Waals surface area (Å²) in [6.45, 7) is 9.98. The molecule has 2 fully saturated rings. The van der Waals surface area contributed by atoms with Gasteiger partial charge >= 0.3 is 0 Å². The molecule has 2 N–H and O–H groups in total. The molecule has 6 rings (SSSR count). The summed E-state index contributed by atoms with van der Waals surface area (Å²) in [6.07, 6.45) is 7.72. The van der Waals surface area contributed by atoms with Crippen LogP contribution in [-0.2, 0) is 33.9 Å². The van der Waals surface area contributed by atoms with Crippen LogP contribution >= 0.6 is 11.6 Å². The summed E-state index contributed by atoms with van der Waals surface area (Å²) in [6, 6.07) is 10.3.